The summed E-state index contributed by atoms with van der Waals surface area (Å²) in [5.41, 5.74) is 0.699. The Morgan fingerprint density at radius 1 is 1.17 bits per heavy atom. The zero-order chi connectivity index (χ0) is 13.8. The molecule has 2 N–H and O–H groups in total. The number of nitrogens with one attached hydrogen (secondary N) is 1. The minimum Gasteiger partial charge on any atom is -0.392 e. The van der Waals surface area contributed by atoms with Crippen molar-refractivity contribution in [2.75, 3.05) is 6.54 Å². The molecule has 4 nitrogen and oxygen atoms in total. The van der Waals surface area contributed by atoms with Gasteiger partial charge >= 0.3 is 0 Å². The van der Waals surface area contributed by atoms with Crippen molar-refractivity contribution in [1.82, 2.24) is 4.72 Å². The molecule has 0 spiro atoms. The Bertz CT molecular complexity index is 466. The molecule has 1 atom stereocenters. The summed E-state index contributed by atoms with van der Waals surface area (Å²) in [6, 6.07) is 6.24. The molecule has 0 saturated heterocycles. The van der Waals surface area contributed by atoms with Gasteiger partial charge in [0.15, 0.2) is 0 Å². The number of sulfonamides is 1. The van der Waals surface area contributed by atoms with Crippen LogP contribution in [0.4, 0.5) is 0 Å². The highest BCUT2D eigenvalue weighted by Crippen LogP contribution is 2.13. The smallest absolute Gasteiger partial charge is 0.240 e. The van der Waals surface area contributed by atoms with E-state index < -0.39 is 10.0 Å². The molecular formula is C13H21NO3S. The quantitative estimate of drug-likeness (QED) is 0.828. The van der Waals surface area contributed by atoms with Crippen LogP contribution in [0.15, 0.2) is 29.2 Å². The number of benzene rings is 1. The Morgan fingerprint density at radius 2 is 1.72 bits per heavy atom. The molecule has 1 aromatic rings. The summed E-state index contributed by atoms with van der Waals surface area (Å²) in [4.78, 5) is 0.232. The van der Waals surface area contributed by atoms with Crippen LogP contribution in [-0.2, 0) is 16.6 Å². The monoisotopic (exact) mass is 271 g/mol. The summed E-state index contributed by atoms with van der Waals surface area (Å²) < 4.78 is 26.6. The highest BCUT2D eigenvalue weighted by Gasteiger charge is 2.16. The SMILES string of the molecule is CC(C)C(C)CNS(=O)(=O)c1ccc(CO)cc1. The van der Waals surface area contributed by atoms with E-state index in [9.17, 15) is 8.42 Å². The van der Waals surface area contributed by atoms with Crippen molar-refractivity contribution in [3.8, 4) is 0 Å². The van der Waals surface area contributed by atoms with Crippen LogP contribution in [-0.4, -0.2) is 20.1 Å². The summed E-state index contributed by atoms with van der Waals surface area (Å²) in [5.74, 6) is 0.723. The van der Waals surface area contributed by atoms with E-state index in [-0.39, 0.29) is 17.4 Å². The maximum Gasteiger partial charge on any atom is 0.240 e. The van der Waals surface area contributed by atoms with Crippen LogP contribution in [0.1, 0.15) is 26.3 Å². The van der Waals surface area contributed by atoms with Gasteiger partial charge in [-0.1, -0.05) is 32.9 Å². The average molecular weight is 271 g/mol. The standard InChI is InChI=1S/C13H21NO3S/c1-10(2)11(3)8-14-18(16,17)13-6-4-12(9-15)5-7-13/h4-7,10-11,14-15H,8-9H2,1-3H3. The molecular weight excluding hydrogens is 250 g/mol. The largest absolute Gasteiger partial charge is 0.392 e. The highest BCUT2D eigenvalue weighted by atomic mass is 32.2. The maximum absolute atomic E-state index is 12.0. The van der Waals surface area contributed by atoms with Crippen molar-refractivity contribution >= 4 is 10.0 Å². The zero-order valence-electron chi connectivity index (χ0n) is 11.1. The van der Waals surface area contributed by atoms with Crippen molar-refractivity contribution in [3.05, 3.63) is 29.8 Å². The van der Waals surface area contributed by atoms with E-state index in [1.165, 1.54) is 12.1 Å². The highest BCUT2D eigenvalue weighted by molar-refractivity contribution is 7.89. The molecule has 18 heavy (non-hydrogen) atoms. The lowest BCUT2D eigenvalue weighted by molar-refractivity contribution is 0.282. The second-order valence-electron chi connectivity index (χ2n) is 4.88. The van der Waals surface area contributed by atoms with Gasteiger partial charge in [0.2, 0.25) is 10.0 Å². The third-order valence-corrected chi connectivity index (χ3v) is 4.59. The molecule has 5 heteroatoms. The van der Waals surface area contributed by atoms with E-state index in [1.807, 2.05) is 6.92 Å². The number of aliphatic hydroxyl groups is 1. The molecule has 0 fully saturated rings. The molecule has 0 aliphatic carbocycles. The van der Waals surface area contributed by atoms with E-state index in [0.29, 0.717) is 18.0 Å². The summed E-state index contributed by atoms with van der Waals surface area (Å²) in [6.07, 6.45) is 0. The molecule has 0 bridgehead atoms. The van der Waals surface area contributed by atoms with E-state index in [0.717, 1.165) is 0 Å². The van der Waals surface area contributed by atoms with Crippen LogP contribution in [0.3, 0.4) is 0 Å². The van der Waals surface area contributed by atoms with Gasteiger partial charge < -0.3 is 5.11 Å². The van der Waals surface area contributed by atoms with Gasteiger partial charge in [0.1, 0.15) is 0 Å². The van der Waals surface area contributed by atoms with Crippen molar-refractivity contribution < 1.29 is 13.5 Å². The molecule has 0 aromatic heterocycles. The van der Waals surface area contributed by atoms with E-state index in [4.69, 9.17) is 5.11 Å². The van der Waals surface area contributed by atoms with Crippen LogP contribution in [0, 0.1) is 11.8 Å². The van der Waals surface area contributed by atoms with Gasteiger partial charge in [0.25, 0.3) is 0 Å². The molecule has 102 valence electrons. The average Bonchev–Trinajstić information content (AvgIpc) is 2.36. The first-order chi connectivity index (χ1) is 8.36. The predicted octanol–water partition coefficient (Wildman–Crippen LogP) is 1.75. The fourth-order valence-electron chi connectivity index (χ4n) is 1.33. The fourth-order valence-corrected chi connectivity index (χ4v) is 2.48. The minimum atomic E-state index is -3.45. The third kappa shape index (κ3) is 4.08. The first kappa shape index (κ1) is 15.1. The number of hydrogen-bond acceptors (Lipinski definition) is 3. The molecule has 1 rings (SSSR count). The maximum atomic E-state index is 12.0. The van der Waals surface area contributed by atoms with Gasteiger partial charge in [-0.3, -0.25) is 0 Å². The van der Waals surface area contributed by atoms with Crippen LogP contribution < -0.4 is 4.72 Å². The molecule has 0 heterocycles. The van der Waals surface area contributed by atoms with Gasteiger partial charge in [-0.15, -0.1) is 0 Å². The lowest BCUT2D eigenvalue weighted by Crippen LogP contribution is -2.30. The topological polar surface area (TPSA) is 66.4 Å². The second-order valence-corrected chi connectivity index (χ2v) is 6.64. The van der Waals surface area contributed by atoms with E-state index in [2.05, 4.69) is 18.6 Å². The van der Waals surface area contributed by atoms with Gasteiger partial charge in [0, 0.05) is 6.54 Å². The first-order valence-corrected chi connectivity index (χ1v) is 7.54. The second kappa shape index (κ2) is 6.31. The van der Waals surface area contributed by atoms with Gasteiger partial charge in [0.05, 0.1) is 11.5 Å². The molecule has 0 aliphatic rings. The van der Waals surface area contributed by atoms with Gasteiger partial charge in [-0.05, 0) is 29.5 Å². The summed E-state index contributed by atoms with van der Waals surface area (Å²) in [7, 11) is -3.45. The van der Waals surface area contributed by atoms with Gasteiger partial charge in [-0.25, -0.2) is 13.1 Å². The lowest BCUT2D eigenvalue weighted by atomic mass is 9.99. The summed E-state index contributed by atoms with van der Waals surface area (Å²) in [6.45, 7) is 6.49. The Labute approximate surface area is 109 Å². The molecule has 0 aliphatic heterocycles. The van der Waals surface area contributed by atoms with E-state index >= 15 is 0 Å². The Hall–Kier alpha value is -0.910. The van der Waals surface area contributed by atoms with Crippen LogP contribution in [0.25, 0.3) is 0 Å². The third-order valence-electron chi connectivity index (χ3n) is 3.15. The molecule has 1 aromatic carbocycles. The zero-order valence-corrected chi connectivity index (χ0v) is 11.9. The fraction of sp³-hybridized carbons (Fsp3) is 0.538. The van der Waals surface area contributed by atoms with Crippen molar-refractivity contribution in [3.63, 3.8) is 0 Å². The molecule has 0 saturated carbocycles. The van der Waals surface area contributed by atoms with Crippen molar-refractivity contribution in [1.29, 1.82) is 0 Å². The van der Waals surface area contributed by atoms with Crippen molar-refractivity contribution in [2.45, 2.75) is 32.3 Å². The molecule has 1 unspecified atom stereocenters. The molecule has 0 radical (unpaired) electrons. The Morgan fingerprint density at radius 3 is 2.17 bits per heavy atom. The number of rotatable bonds is 6. The normalized spacial score (nSPS) is 13.8. The summed E-state index contributed by atoms with van der Waals surface area (Å²) in [5, 5.41) is 8.90. The predicted molar refractivity (Wildman–Crippen MR) is 71.6 cm³/mol. The summed E-state index contributed by atoms with van der Waals surface area (Å²) >= 11 is 0. The van der Waals surface area contributed by atoms with E-state index in [1.54, 1.807) is 12.1 Å². The van der Waals surface area contributed by atoms with Gasteiger partial charge in [-0.2, -0.15) is 0 Å². The minimum absolute atomic E-state index is 0.0852. The van der Waals surface area contributed by atoms with Crippen molar-refractivity contribution in [2.24, 2.45) is 11.8 Å². The molecule has 0 amide bonds. The Balaban J connectivity index is 2.73. The lowest BCUT2D eigenvalue weighted by Gasteiger charge is -2.16. The van der Waals surface area contributed by atoms with Crippen LogP contribution in [0.5, 0.6) is 0 Å². The first-order valence-electron chi connectivity index (χ1n) is 6.06. The number of aliphatic hydroxyl groups excluding tert-OH is 1. The Kier molecular flexibility index (Phi) is 5.31. The van der Waals surface area contributed by atoms with Crippen LogP contribution >= 0.6 is 0 Å². The van der Waals surface area contributed by atoms with Crippen LogP contribution in [0.2, 0.25) is 0 Å². The number of hydrogen-bond donors (Lipinski definition) is 2.